The van der Waals surface area contributed by atoms with E-state index in [2.05, 4.69) is 9.88 Å². The number of methoxy groups -OCH3 is 2. The van der Waals surface area contributed by atoms with Crippen molar-refractivity contribution < 1.29 is 19.0 Å². The third-order valence-corrected chi connectivity index (χ3v) is 5.47. The quantitative estimate of drug-likeness (QED) is 0.567. The summed E-state index contributed by atoms with van der Waals surface area (Å²) in [5.41, 5.74) is 1.54. The van der Waals surface area contributed by atoms with E-state index >= 15 is 0 Å². The van der Waals surface area contributed by atoms with Gasteiger partial charge in [-0.1, -0.05) is 36.4 Å². The summed E-state index contributed by atoms with van der Waals surface area (Å²) in [5.74, 6) is 2.29. The number of hydrogen-bond donors (Lipinski definition) is 0. The van der Waals surface area contributed by atoms with Crippen LogP contribution in [-0.2, 0) is 6.61 Å². The third kappa shape index (κ3) is 4.77. The van der Waals surface area contributed by atoms with Crippen LogP contribution in [0.25, 0.3) is 0 Å². The Morgan fingerprint density at radius 3 is 2.16 bits per heavy atom. The number of pyridine rings is 1. The van der Waals surface area contributed by atoms with Crippen molar-refractivity contribution in [3.8, 4) is 17.2 Å². The van der Waals surface area contributed by atoms with Crippen molar-refractivity contribution in [2.24, 2.45) is 0 Å². The van der Waals surface area contributed by atoms with E-state index in [1.807, 2.05) is 53.4 Å². The molecular weight excluding hydrogens is 406 g/mol. The van der Waals surface area contributed by atoms with Crippen molar-refractivity contribution in [2.75, 3.05) is 45.3 Å². The minimum absolute atomic E-state index is 0.0584. The Kier molecular flexibility index (Phi) is 6.75. The lowest BCUT2D eigenvalue weighted by molar-refractivity contribution is 0.0745. The summed E-state index contributed by atoms with van der Waals surface area (Å²) in [4.78, 5) is 21.6. The average Bonchev–Trinajstić information content (AvgIpc) is 2.87. The molecular formula is C25H27N3O4. The van der Waals surface area contributed by atoms with Gasteiger partial charge < -0.3 is 24.0 Å². The lowest BCUT2D eigenvalue weighted by Gasteiger charge is -2.35. The van der Waals surface area contributed by atoms with Gasteiger partial charge in [0.25, 0.3) is 5.91 Å². The van der Waals surface area contributed by atoms with Gasteiger partial charge in [-0.3, -0.25) is 4.79 Å². The third-order valence-electron chi connectivity index (χ3n) is 5.47. The fourth-order valence-electron chi connectivity index (χ4n) is 3.74. The highest BCUT2D eigenvalue weighted by atomic mass is 16.5. The standard InChI is InChI=1S/C25H27N3O4/c1-30-21-16-20(17-22(31-2)24(21)32-18-19-8-4-3-5-9-19)25(29)28-14-12-27(13-15-28)23-10-6-7-11-26-23/h3-11,16-17H,12-15,18H2,1-2H3. The van der Waals surface area contributed by atoms with Crippen molar-refractivity contribution in [2.45, 2.75) is 6.61 Å². The summed E-state index contributed by atoms with van der Waals surface area (Å²) in [7, 11) is 3.12. The minimum Gasteiger partial charge on any atom is -0.493 e. The van der Waals surface area contributed by atoms with E-state index in [9.17, 15) is 4.79 Å². The van der Waals surface area contributed by atoms with E-state index in [4.69, 9.17) is 14.2 Å². The van der Waals surface area contributed by atoms with Gasteiger partial charge in [0, 0.05) is 37.9 Å². The van der Waals surface area contributed by atoms with E-state index in [0.717, 1.165) is 24.5 Å². The molecule has 166 valence electrons. The topological polar surface area (TPSA) is 64.1 Å². The molecule has 7 heteroatoms. The van der Waals surface area contributed by atoms with Crippen molar-refractivity contribution in [3.63, 3.8) is 0 Å². The monoisotopic (exact) mass is 433 g/mol. The first-order valence-corrected chi connectivity index (χ1v) is 10.6. The van der Waals surface area contributed by atoms with Crippen LogP contribution in [-0.4, -0.2) is 56.2 Å². The normalized spacial score (nSPS) is 13.6. The van der Waals surface area contributed by atoms with Gasteiger partial charge in [0.1, 0.15) is 12.4 Å². The molecule has 7 nitrogen and oxygen atoms in total. The summed E-state index contributed by atoms with van der Waals surface area (Å²) < 4.78 is 17.1. The molecule has 1 amide bonds. The van der Waals surface area contributed by atoms with E-state index in [0.29, 0.717) is 42.5 Å². The van der Waals surface area contributed by atoms with Crippen molar-refractivity contribution in [3.05, 3.63) is 78.0 Å². The van der Waals surface area contributed by atoms with Crippen LogP contribution < -0.4 is 19.1 Å². The largest absolute Gasteiger partial charge is 0.493 e. The SMILES string of the molecule is COc1cc(C(=O)N2CCN(c3ccccn3)CC2)cc(OC)c1OCc1ccccc1. The Morgan fingerprint density at radius 2 is 1.56 bits per heavy atom. The van der Waals surface area contributed by atoms with Crippen LogP contribution >= 0.6 is 0 Å². The van der Waals surface area contributed by atoms with E-state index in [1.54, 1.807) is 32.5 Å². The van der Waals surface area contributed by atoms with Crippen molar-refractivity contribution in [1.82, 2.24) is 9.88 Å². The van der Waals surface area contributed by atoms with Crippen LogP contribution in [0.1, 0.15) is 15.9 Å². The molecule has 1 aliphatic heterocycles. The van der Waals surface area contributed by atoms with Gasteiger partial charge in [-0.2, -0.15) is 0 Å². The summed E-state index contributed by atoms with van der Waals surface area (Å²) in [5, 5.41) is 0. The molecule has 1 fully saturated rings. The lowest BCUT2D eigenvalue weighted by atomic mass is 10.1. The van der Waals surface area contributed by atoms with Crippen LogP contribution in [0.3, 0.4) is 0 Å². The number of amides is 1. The van der Waals surface area contributed by atoms with Gasteiger partial charge in [0.05, 0.1) is 14.2 Å². The first kappa shape index (κ1) is 21.5. The number of aromatic nitrogens is 1. The molecule has 0 saturated carbocycles. The van der Waals surface area contributed by atoms with Gasteiger partial charge in [-0.25, -0.2) is 4.98 Å². The van der Waals surface area contributed by atoms with E-state index in [-0.39, 0.29) is 5.91 Å². The molecule has 1 aliphatic rings. The summed E-state index contributed by atoms with van der Waals surface area (Å²) in [6, 6.07) is 19.2. The summed E-state index contributed by atoms with van der Waals surface area (Å²) >= 11 is 0. The van der Waals surface area contributed by atoms with Crippen molar-refractivity contribution in [1.29, 1.82) is 0 Å². The van der Waals surface area contributed by atoms with Gasteiger partial charge in [-0.05, 0) is 29.8 Å². The number of hydrogen-bond acceptors (Lipinski definition) is 6. The zero-order chi connectivity index (χ0) is 22.3. The Hall–Kier alpha value is -3.74. The molecule has 3 aromatic rings. The van der Waals surface area contributed by atoms with Gasteiger partial charge in [0.2, 0.25) is 5.75 Å². The zero-order valence-electron chi connectivity index (χ0n) is 18.4. The van der Waals surface area contributed by atoms with Crippen LogP contribution in [0.15, 0.2) is 66.9 Å². The average molecular weight is 434 g/mol. The predicted molar refractivity (Wildman–Crippen MR) is 123 cm³/mol. The molecule has 32 heavy (non-hydrogen) atoms. The number of benzene rings is 2. The lowest BCUT2D eigenvalue weighted by Crippen LogP contribution is -2.49. The molecule has 0 aliphatic carbocycles. The highest BCUT2D eigenvalue weighted by Crippen LogP contribution is 2.39. The molecule has 0 spiro atoms. The molecule has 2 heterocycles. The molecule has 2 aromatic carbocycles. The minimum atomic E-state index is -0.0584. The fraction of sp³-hybridized carbons (Fsp3) is 0.280. The van der Waals surface area contributed by atoms with Crippen LogP contribution in [0, 0.1) is 0 Å². The summed E-state index contributed by atoms with van der Waals surface area (Å²) in [6.45, 7) is 3.07. The number of piperazine rings is 1. The Bertz CT molecular complexity index is 1010. The first-order valence-electron chi connectivity index (χ1n) is 10.6. The van der Waals surface area contributed by atoms with Crippen LogP contribution in [0.5, 0.6) is 17.2 Å². The molecule has 0 radical (unpaired) electrons. The van der Waals surface area contributed by atoms with Gasteiger partial charge in [0.15, 0.2) is 11.5 Å². The first-order chi connectivity index (χ1) is 15.7. The van der Waals surface area contributed by atoms with Crippen LogP contribution in [0.4, 0.5) is 5.82 Å². The molecule has 0 N–H and O–H groups in total. The Labute approximate surface area is 188 Å². The van der Waals surface area contributed by atoms with Crippen LogP contribution in [0.2, 0.25) is 0 Å². The van der Waals surface area contributed by atoms with Gasteiger partial charge in [-0.15, -0.1) is 0 Å². The smallest absolute Gasteiger partial charge is 0.254 e. The maximum atomic E-state index is 13.2. The molecule has 0 bridgehead atoms. The molecule has 0 unspecified atom stereocenters. The Balaban J connectivity index is 1.48. The molecule has 1 saturated heterocycles. The van der Waals surface area contributed by atoms with Crippen molar-refractivity contribution >= 4 is 11.7 Å². The number of carbonyl (C=O) groups excluding carboxylic acids is 1. The maximum Gasteiger partial charge on any atom is 0.254 e. The Morgan fingerprint density at radius 1 is 0.906 bits per heavy atom. The summed E-state index contributed by atoms with van der Waals surface area (Å²) in [6.07, 6.45) is 1.78. The number of anilines is 1. The highest BCUT2D eigenvalue weighted by molar-refractivity contribution is 5.95. The molecule has 1 aromatic heterocycles. The van der Waals surface area contributed by atoms with E-state index in [1.165, 1.54) is 0 Å². The maximum absolute atomic E-state index is 13.2. The number of nitrogens with zero attached hydrogens (tertiary/aromatic N) is 3. The predicted octanol–water partition coefficient (Wildman–Crippen LogP) is 3.64. The fourth-order valence-corrected chi connectivity index (χ4v) is 3.74. The number of ether oxygens (including phenoxy) is 3. The second-order valence-corrected chi connectivity index (χ2v) is 7.45. The highest BCUT2D eigenvalue weighted by Gasteiger charge is 2.25. The zero-order valence-corrected chi connectivity index (χ0v) is 18.4. The second-order valence-electron chi connectivity index (χ2n) is 7.45. The number of carbonyl (C=O) groups is 1. The molecule has 4 rings (SSSR count). The van der Waals surface area contributed by atoms with Gasteiger partial charge >= 0.3 is 0 Å². The number of rotatable bonds is 7. The van der Waals surface area contributed by atoms with E-state index < -0.39 is 0 Å². The molecule has 0 atom stereocenters. The second kappa shape index (κ2) is 10.0.